The summed E-state index contributed by atoms with van der Waals surface area (Å²) in [6, 6.07) is 8.05. The first-order valence-electron chi connectivity index (χ1n) is 8.63. The van der Waals surface area contributed by atoms with Gasteiger partial charge in [0.2, 0.25) is 10.0 Å². The van der Waals surface area contributed by atoms with E-state index in [1.165, 1.54) is 6.07 Å². The number of unbranched alkanes of at least 4 members (excludes halogenated alkanes) is 1. The van der Waals surface area contributed by atoms with Crippen molar-refractivity contribution in [2.45, 2.75) is 31.6 Å². The van der Waals surface area contributed by atoms with E-state index >= 15 is 0 Å². The molecule has 2 aromatic rings. The van der Waals surface area contributed by atoms with Crippen LogP contribution >= 0.6 is 0 Å². The van der Waals surface area contributed by atoms with Crippen LogP contribution in [0.5, 0.6) is 0 Å². The average Bonchev–Trinajstić information content (AvgIpc) is 2.61. The summed E-state index contributed by atoms with van der Waals surface area (Å²) in [4.78, 5) is 10.2. The Bertz CT molecular complexity index is 1130. The van der Waals surface area contributed by atoms with E-state index in [-0.39, 0.29) is 17.9 Å². The molecule has 0 radical (unpaired) electrons. The van der Waals surface area contributed by atoms with Crippen LogP contribution in [0.15, 0.2) is 41.3 Å². The zero-order valence-electron chi connectivity index (χ0n) is 15.9. The Kier molecular flexibility index (Phi) is 6.82. The van der Waals surface area contributed by atoms with E-state index in [1.807, 2.05) is 0 Å². The van der Waals surface area contributed by atoms with E-state index in [0.717, 1.165) is 17.7 Å². The average molecular weight is 443 g/mol. The molecule has 2 rings (SSSR count). The fourth-order valence-electron chi connectivity index (χ4n) is 2.50. The van der Waals surface area contributed by atoms with Gasteiger partial charge in [0, 0.05) is 17.4 Å². The van der Waals surface area contributed by atoms with Gasteiger partial charge in [0.25, 0.3) is 15.7 Å². The molecular formula is C17H22N4O6S2. The van der Waals surface area contributed by atoms with Crippen LogP contribution < -0.4 is 15.2 Å². The number of nitrogens with zero attached hydrogens (tertiary/aromatic N) is 1. The molecule has 0 saturated heterocycles. The van der Waals surface area contributed by atoms with Gasteiger partial charge in [0.05, 0.1) is 15.6 Å². The van der Waals surface area contributed by atoms with Crippen molar-refractivity contribution in [2.24, 2.45) is 0 Å². The molecule has 0 heterocycles. The van der Waals surface area contributed by atoms with Gasteiger partial charge in [-0.3, -0.25) is 10.1 Å². The highest BCUT2D eigenvalue weighted by Crippen LogP contribution is 2.31. The normalized spacial score (nSPS) is 11.9. The number of nitrogen functional groups attached to an aromatic ring is 1. The van der Waals surface area contributed by atoms with Crippen LogP contribution in [0, 0.1) is 17.0 Å². The number of aryl methyl sites for hydroxylation is 1. The van der Waals surface area contributed by atoms with E-state index in [4.69, 9.17) is 5.73 Å². The van der Waals surface area contributed by atoms with E-state index in [0.29, 0.717) is 17.8 Å². The predicted octanol–water partition coefficient (Wildman–Crippen LogP) is 2.64. The van der Waals surface area contributed by atoms with Gasteiger partial charge in [-0.15, -0.1) is 4.13 Å². The van der Waals surface area contributed by atoms with Crippen LogP contribution in [0.1, 0.15) is 25.3 Å². The number of sulfonamides is 2. The van der Waals surface area contributed by atoms with Crippen molar-refractivity contribution < 1.29 is 21.8 Å². The first-order valence-corrected chi connectivity index (χ1v) is 11.8. The van der Waals surface area contributed by atoms with Crippen molar-refractivity contribution >= 4 is 42.8 Å². The summed E-state index contributed by atoms with van der Waals surface area (Å²) in [7, 11) is -8.58. The van der Waals surface area contributed by atoms with Crippen molar-refractivity contribution in [1.82, 2.24) is 4.13 Å². The van der Waals surface area contributed by atoms with Gasteiger partial charge in [-0.25, -0.2) is 16.8 Å². The maximum Gasteiger partial charge on any atom is 0.294 e. The molecule has 0 aliphatic rings. The molecule has 0 fully saturated rings. The number of nitro groups is 1. The van der Waals surface area contributed by atoms with Crippen LogP contribution in [-0.4, -0.2) is 27.5 Å². The van der Waals surface area contributed by atoms with Gasteiger partial charge in [-0.05, 0) is 49.2 Å². The molecule has 0 atom stereocenters. The van der Waals surface area contributed by atoms with Crippen LogP contribution in [0.25, 0.3) is 0 Å². The molecule has 0 amide bonds. The number of nitrogens with one attached hydrogen (secondary N) is 2. The number of nitro benzene ring substituents is 1. The van der Waals surface area contributed by atoms with E-state index in [9.17, 15) is 26.9 Å². The summed E-state index contributed by atoms with van der Waals surface area (Å²) >= 11 is 0. The van der Waals surface area contributed by atoms with Crippen molar-refractivity contribution in [3.63, 3.8) is 0 Å². The summed E-state index contributed by atoms with van der Waals surface area (Å²) in [5.74, 6) is -0.360. The van der Waals surface area contributed by atoms with E-state index < -0.39 is 35.6 Å². The summed E-state index contributed by atoms with van der Waals surface area (Å²) in [5.41, 5.74) is 7.04. The molecule has 0 aliphatic carbocycles. The van der Waals surface area contributed by atoms with Gasteiger partial charge >= 0.3 is 0 Å². The zero-order valence-corrected chi connectivity index (χ0v) is 17.5. The standard InChI is InChI=1S/C17H22N4O6S2/c1-3-4-9-28(24,25)20-29(26,27)14-6-8-16(17(11-14)21(22)23)19-15-7-5-13(18)10-12(15)2/h5-8,10-11,19-20H,3-4,9,18H2,1-2H3. The van der Waals surface area contributed by atoms with Gasteiger partial charge in [-0.2, -0.15) is 0 Å². The lowest BCUT2D eigenvalue weighted by Gasteiger charge is -2.12. The number of benzene rings is 2. The number of anilines is 3. The minimum atomic E-state index is -4.49. The minimum Gasteiger partial charge on any atom is -0.399 e. The Hall–Kier alpha value is -2.70. The highest BCUT2D eigenvalue weighted by molar-refractivity contribution is 8.04. The molecule has 12 heteroatoms. The molecule has 0 aromatic heterocycles. The molecule has 2 aromatic carbocycles. The maximum atomic E-state index is 12.4. The van der Waals surface area contributed by atoms with Crippen LogP contribution in [0.4, 0.5) is 22.7 Å². The quantitative estimate of drug-likeness (QED) is 0.303. The van der Waals surface area contributed by atoms with Gasteiger partial charge in [0.15, 0.2) is 0 Å². The fourth-order valence-corrected chi connectivity index (χ4v) is 5.74. The molecule has 0 spiro atoms. The molecule has 0 aliphatic heterocycles. The Morgan fingerprint density at radius 2 is 1.72 bits per heavy atom. The SMILES string of the molecule is CCCCS(=O)(=O)NS(=O)(=O)c1ccc(Nc2ccc(N)cc2C)c([N+](=O)[O-])c1. The largest absolute Gasteiger partial charge is 0.399 e. The molecule has 0 saturated carbocycles. The highest BCUT2D eigenvalue weighted by atomic mass is 32.3. The molecule has 0 bridgehead atoms. The van der Waals surface area contributed by atoms with Crippen LogP contribution in [0.2, 0.25) is 0 Å². The summed E-state index contributed by atoms with van der Waals surface area (Å²) in [5, 5.41) is 14.3. The monoisotopic (exact) mass is 442 g/mol. The second-order valence-electron chi connectivity index (χ2n) is 6.39. The van der Waals surface area contributed by atoms with Crippen molar-refractivity contribution in [3.8, 4) is 0 Å². The second-order valence-corrected chi connectivity index (χ2v) is 10.2. The Morgan fingerprint density at radius 1 is 1.07 bits per heavy atom. The third-order valence-corrected chi connectivity index (χ3v) is 7.59. The van der Waals surface area contributed by atoms with E-state index in [2.05, 4.69) is 5.32 Å². The Balaban J connectivity index is 2.39. The zero-order chi connectivity index (χ0) is 21.8. The number of hydrogen-bond acceptors (Lipinski definition) is 8. The van der Waals surface area contributed by atoms with Gasteiger partial charge < -0.3 is 11.1 Å². The second kappa shape index (κ2) is 8.76. The highest BCUT2D eigenvalue weighted by Gasteiger charge is 2.26. The third kappa shape index (κ3) is 5.89. The Morgan fingerprint density at radius 3 is 2.31 bits per heavy atom. The first-order chi connectivity index (χ1) is 13.4. The van der Waals surface area contributed by atoms with Crippen LogP contribution in [0.3, 0.4) is 0 Å². The van der Waals surface area contributed by atoms with Crippen molar-refractivity contribution in [1.29, 1.82) is 0 Å². The lowest BCUT2D eigenvalue weighted by molar-refractivity contribution is -0.384. The Labute approximate surface area is 169 Å². The van der Waals surface area contributed by atoms with Crippen LogP contribution in [-0.2, 0) is 20.0 Å². The minimum absolute atomic E-state index is 0.0515. The third-order valence-electron chi connectivity index (χ3n) is 4.00. The van der Waals surface area contributed by atoms with Gasteiger partial charge in [0.1, 0.15) is 5.69 Å². The number of rotatable bonds is 9. The number of nitrogens with two attached hydrogens (primary N) is 1. The van der Waals surface area contributed by atoms with Crippen molar-refractivity contribution in [2.75, 3.05) is 16.8 Å². The lowest BCUT2D eigenvalue weighted by atomic mass is 10.1. The first kappa shape index (κ1) is 22.6. The molecule has 0 unspecified atom stereocenters. The molecule has 158 valence electrons. The maximum absolute atomic E-state index is 12.4. The predicted molar refractivity (Wildman–Crippen MR) is 111 cm³/mol. The topological polar surface area (TPSA) is 162 Å². The summed E-state index contributed by atoms with van der Waals surface area (Å²) < 4.78 is 50.3. The molecular weight excluding hydrogens is 420 g/mol. The van der Waals surface area contributed by atoms with Gasteiger partial charge in [-0.1, -0.05) is 13.3 Å². The molecule has 10 nitrogen and oxygen atoms in total. The molecule has 29 heavy (non-hydrogen) atoms. The smallest absolute Gasteiger partial charge is 0.294 e. The molecule has 4 N–H and O–H groups in total. The summed E-state index contributed by atoms with van der Waals surface area (Å²) in [6.07, 6.45) is 0.853. The lowest BCUT2D eigenvalue weighted by Crippen LogP contribution is -2.32. The fraction of sp³-hybridized carbons (Fsp3) is 0.294. The van der Waals surface area contributed by atoms with E-state index in [1.54, 1.807) is 36.2 Å². The summed E-state index contributed by atoms with van der Waals surface area (Å²) in [6.45, 7) is 3.52. The van der Waals surface area contributed by atoms with Crippen molar-refractivity contribution in [3.05, 3.63) is 52.1 Å². The number of hydrogen-bond donors (Lipinski definition) is 3.